The summed E-state index contributed by atoms with van der Waals surface area (Å²) in [6.07, 6.45) is 1.98. The number of hydrogen-bond acceptors (Lipinski definition) is 6. The lowest BCUT2D eigenvalue weighted by Crippen LogP contribution is -2.43. The van der Waals surface area contributed by atoms with Crippen LogP contribution in [-0.2, 0) is 9.59 Å². The van der Waals surface area contributed by atoms with Crippen LogP contribution in [0.4, 0.5) is 5.82 Å². The van der Waals surface area contributed by atoms with Crippen molar-refractivity contribution in [2.24, 2.45) is 0 Å². The minimum atomic E-state index is -0.148. The monoisotopic (exact) mass is 530 g/mol. The Hall–Kier alpha value is -3.56. The summed E-state index contributed by atoms with van der Waals surface area (Å²) in [5, 5.41) is 10.1. The molecule has 7 nitrogen and oxygen atoms in total. The summed E-state index contributed by atoms with van der Waals surface area (Å²) in [6, 6.07) is 22.0. The van der Waals surface area contributed by atoms with Gasteiger partial charge in [0.25, 0.3) is 0 Å². The number of rotatable bonds is 7. The van der Waals surface area contributed by atoms with Crippen molar-refractivity contribution >= 4 is 40.7 Å². The van der Waals surface area contributed by atoms with Gasteiger partial charge in [-0.3, -0.25) is 14.5 Å². The van der Waals surface area contributed by atoms with Gasteiger partial charge in [-0.25, -0.2) is 4.68 Å². The van der Waals surface area contributed by atoms with E-state index in [1.54, 1.807) is 35.1 Å². The summed E-state index contributed by atoms with van der Waals surface area (Å²) in [7, 11) is 1.63. The van der Waals surface area contributed by atoms with Crippen molar-refractivity contribution in [3.63, 3.8) is 0 Å². The Balaban J connectivity index is 1.58. The van der Waals surface area contributed by atoms with Crippen molar-refractivity contribution < 1.29 is 14.3 Å². The lowest BCUT2D eigenvalue weighted by atomic mass is 10.0. The van der Waals surface area contributed by atoms with Crippen molar-refractivity contribution in [3.8, 4) is 22.7 Å². The molecule has 0 bridgehead atoms. The molecule has 4 aromatic rings. The number of nitrogens with zero attached hydrogens (tertiary/aromatic N) is 3. The third-order valence-corrected chi connectivity index (χ3v) is 8.82. The van der Waals surface area contributed by atoms with Gasteiger partial charge in [-0.15, -0.1) is 23.1 Å². The van der Waals surface area contributed by atoms with Crippen LogP contribution in [0.2, 0.25) is 0 Å². The van der Waals surface area contributed by atoms with Crippen molar-refractivity contribution in [1.82, 2.24) is 15.1 Å². The fourth-order valence-electron chi connectivity index (χ4n) is 4.54. The highest BCUT2D eigenvalue weighted by Crippen LogP contribution is 2.49. The highest BCUT2D eigenvalue weighted by atomic mass is 32.2. The number of fused-ring (bicyclic) bond motifs is 1. The zero-order chi connectivity index (χ0) is 25.4. The van der Waals surface area contributed by atoms with Gasteiger partial charge in [0.1, 0.15) is 18.1 Å². The van der Waals surface area contributed by atoms with Gasteiger partial charge in [0, 0.05) is 22.0 Å². The normalized spacial score (nSPS) is 17.3. The number of thioether (sulfide) groups is 1. The Bertz CT molecular complexity index is 1410. The fraction of sp³-hybridized carbons (Fsp3) is 0.250. The van der Waals surface area contributed by atoms with Crippen molar-refractivity contribution in [3.05, 3.63) is 82.6 Å². The van der Waals surface area contributed by atoms with E-state index in [1.165, 1.54) is 0 Å². The SMILES string of the molecule is COc1ccc(-n2nc(-c3ccccc3)c3c2N(CC(=O)NC2CC2)C(=O)CSC3c2cccs2)cc1. The first-order chi connectivity index (χ1) is 18.1. The van der Waals surface area contributed by atoms with Crippen LogP contribution >= 0.6 is 23.1 Å². The summed E-state index contributed by atoms with van der Waals surface area (Å²) in [5.74, 6) is 1.39. The van der Waals surface area contributed by atoms with E-state index in [0.717, 1.165) is 46.0 Å². The zero-order valence-electron chi connectivity index (χ0n) is 20.3. The quantitative estimate of drug-likeness (QED) is 0.362. The molecule has 2 aromatic heterocycles. The van der Waals surface area contributed by atoms with Crippen LogP contribution in [0.5, 0.6) is 5.75 Å². The molecule has 1 unspecified atom stereocenters. The van der Waals surface area contributed by atoms with Gasteiger partial charge < -0.3 is 10.1 Å². The molecular formula is C28H26N4O3S2. The Labute approximate surface area is 223 Å². The lowest BCUT2D eigenvalue weighted by Gasteiger charge is -2.23. The number of thiophene rings is 1. The maximum Gasteiger partial charge on any atom is 0.240 e. The van der Waals surface area contributed by atoms with Gasteiger partial charge in [0.05, 0.1) is 29.5 Å². The van der Waals surface area contributed by atoms with E-state index in [-0.39, 0.29) is 35.4 Å². The van der Waals surface area contributed by atoms with E-state index in [4.69, 9.17) is 9.84 Å². The molecule has 1 aliphatic heterocycles. The van der Waals surface area contributed by atoms with Crippen LogP contribution < -0.4 is 15.0 Å². The third kappa shape index (κ3) is 4.76. The Kier molecular flexibility index (Phi) is 6.48. The van der Waals surface area contributed by atoms with Crippen LogP contribution in [0.3, 0.4) is 0 Å². The van der Waals surface area contributed by atoms with Gasteiger partial charge in [-0.1, -0.05) is 36.4 Å². The van der Waals surface area contributed by atoms with Crippen LogP contribution in [0.1, 0.15) is 28.5 Å². The molecule has 2 aromatic carbocycles. The molecule has 6 rings (SSSR count). The number of amides is 2. The first-order valence-corrected chi connectivity index (χ1v) is 14.1. The highest BCUT2D eigenvalue weighted by molar-refractivity contribution is 8.00. The molecule has 1 aliphatic carbocycles. The predicted molar refractivity (Wildman–Crippen MR) is 148 cm³/mol. The summed E-state index contributed by atoms with van der Waals surface area (Å²) in [4.78, 5) is 29.4. The minimum Gasteiger partial charge on any atom is -0.497 e. The largest absolute Gasteiger partial charge is 0.497 e. The Morgan fingerprint density at radius 3 is 2.54 bits per heavy atom. The molecule has 1 N–H and O–H groups in total. The molecule has 1 fully saturated rings. The van der Waals surface area contributed by atoms with Crippen molar-refractivity contribution in [1.29, 1.82) is 0 Å². The molecule has 2 amide bonds. The molecule has 0 spiro atoms. The number of benzene rings is 2. The number of aromatic nitrogens is 2. The van der Waals surface area contributed by atoms with E-state index in [2.05, 4.69) is 16.8 Å². The van der Waals surface area contributed by atoms with E-state index in [0.29, 0.717) is 5.82 Å². The van der Waals surface area contributed by atoms with Crippen molar-refractivity contribution in [2.75, 3.05) is 24.3 Å². The molecular weight excluding hydrogens is 504 g/mol. The van der Waals surface area contributed by atoms with Crippen LogP contribution in [0.25, 0.3) is 16.9 Å². The van der Waals surface area contributed by atoms with Crippen LogP contribution in [0, 0.1) is 0 Å². The lowest BCUT2D eigenvalue weighted by molar-refractivity contribution is -0.123. The first-order valence-electron chi connectivity index (χ1n) is 12.2. The number of nitrogens with one attached hydrogen (secondary N) is 1. The summed E-state index contributed by atoms with van der Waals surface area (Å²) >= 11 is 3.25. The average Bonchev–Trinajstić information content (AvgIpc) is 3.45. The van der Waals surface area contributed by atoms with Crippen LogP contribution in [0.15, 0.2) is 72.1 Å². The molecule has 1 atom stereocenters. The second-order valence-corrected chi connectivity index (χ2v) is 11.2. The topological polar surface area (TPSA) is 76.5 Å². The molecule has 0 radical (unpaired) electrons. The van der Waals surface area contributed by atoms with Gasteiger partial charge >= 0.3 is 0 Å². The third-order valence-electron chi connectivity index (χ3n) is 6.50. The van der Waals surface area contributed by atoms with Gasteiger partial charge in [0.15, 0.2) is 0 Å². The van der Waals surface area contributed by atoms with Gasteiger partial charge in [-0.05, 0) is 48.6 Å². The Morgan fingerprint density at radius 2 is 1.86 bits per heavy atom. The molecule has 1 saturated carbocycles. The maximum absolute atomic E-state index is 13.6. The minimum absolute atomic E-state index is 0.0455. The number of ether oxygens (including phenoxy) is 1. The number of methoxy groups -OCH3 is 1. The fourth-order valence-corrected chi connectivity index (χ4v) is 6.72. The summed E-state index contributed by atoms with van der Waals surface area (Å²) < 4.78 is 7.17. The molecule has 188 valence electrons. The van der Waals surface area contributed by atoms with Crippen LogP contribution in [-0.4, -0.2) is 47.0 Å². The number of hydrogen-bond donors (Lipinski definition) is 1. The molecule has 2 aliphatic rings. The number of carbonyl (C=O) groups is 2. The second kappa shape index (κ2) is 10.1. The maximum atomic E-state index is 13.6. The molecule has 3 heterocycles. The second-order valence-electron chi connectivity index (χ2n) is 9.09. The first kappa shape index (κ1) is 23.8. The standard InChI is InChI=1S/C28H26N4O3S2/c1-35-21-13-11-20(12-14-21)32-28-25(26(30-32)18-6-3-2-4-7-18)27(22-8-5-15-36-22)37-17-24(34)31(28)16-23(33)29-19-9-10-19/h2-8,11-15,19,27H,9-10,16-17H2,1H3,(H,29,33). The van der Waals surface area contributed by atoms with Gasteiger partial charge in [-0.2, -0.15) is 5.10 Å². The van der Waals surface area contributed by atoms with E-state index < -0.39 is 0 Å². The number of carbonyl (C=O) groups excluding carboxylic acids is 2. The average molecular weight is 531 g/mol. The Morgan fingerprint density at radius 1 is 1.08 bits per heavy atom. The number of anilines is 1. The van der Waals surface area contributed by atoms with E-state index in [1.807, 2.05) is 65.3 Å². The highest BCUT2D eigenvalue weighted by Gasteiger charge is 2.38. The summed E-state index contributed by atoms with van der Waals surface area (Å²) in [6.45, 7) is -0.0455. The van der Waals surface area contributed by atoms with E-state index >= 15 is 0 Å². The smallest absolute Gasteiger partial charge is 0.240 e. The molecule has 9 heteroatoms. The zero-order valence-corrected chi connectivity index (χ0v) is 21.9. The summed E-state index contributed by atoms with van der Waals surface area (Å²) in [5.41, 5.74) is 3.50. The van der Waals surface area contributed by atoms with Crippen molar-refractivity contribution in [2.45, 2.75) is 24.1 Å². The molecule has 0 saturated heterocycles. The van der Waals surface area contributed by atoms with E-state index in [9.17, 15) is 9.59 Å². The molecule has 37 heavy (non-hydrogen) atoms. The van der Waals surface area contributed by atoms with Gasteiger partial charge in [0.2, 0.25) is 11.8 Å². The predicted octanol–water partition coefficient (Wildman–Crippen LogP) is 5.06.